The lowest BCUT2D eigenvalue weighted by molar-refractivity contribution is -0.385. The van der Waals surface area contributed by atoms with Crippen molar-refractivity contribution in [1.29, 1.82) is 0 Å². The van der Waals surface area contributed by atoms with Gasteiger partial charge in [0.15, 0.2) is 0 Å². The highest BCUT2D eigenvalue weighted by atomic mass is 35.5. The maximum Gasteiger partial charge on any atom is 0.275 e. The quantitative estimate of drug-likeness (QED) is 0.404. The van der Waals surface area contributed by atoms with E-state index in [1.807, 2.05) is 12.2 Å². The van der Waals surface area contributed by atoms with E-state index in [1.165, 1.54) is 30.3 Å². The van der Waals surface area contributed by atoms with Gasteiger partial charge < -0.3 is 5.32 Å². The van der Waals surface area contributed by atoms with Crippen LogP contribution < -0.4 is 5.32 Å². The maximum absolute atomic E-state index is 11.5. The van der Waals surface area contributed by atoms with E-state index in [-0.39, 0.29) is 29.3 Å². The van der Waals surface area contributed by atoms with Gasteiger partial charge in [0.05, 0.1) is 32.2 Å². The first-order valence-electron chi connectivity index (χ1n) is 8.22. The van der Waals surface area contributed by atoms with Crippen LogP contribution in [0.2, 0.25) is 10.0 Å². The van der Waals surface area contributed by atoms with E-state index in [2.05, 4.69) is 5.32 Å². The van der Waals surface area contributed by atoms with Crippen LogP contribution in [0.15, 0.2) is 42.5 Å². The summed E-state index contributed by atoms with van der Waals surface area (Å²) in [6, 6.07) is 6.84. The number of benzene rings is 2. The first-order chi connectivity index (χ1) is 12.9. The summed E-state index contributed by atoms with van der Waals surface area (Å²) >= 11 is 12.7. The van der Waals surface area contributed by atoms with Crippen LogP contribution in [0.4, 0.5) is 17.1 Å². The van der Waals surface area contributed by atoms with Crippen LogP contribution in [-0.4, -0.2) is 9.85 Å². The van der Waals surface area contributed by atoms with Gasteiger partial charge in [-0.05, 0) is 24.5 Å². The lowest BCUT2D eigenvalue weighted by Gasteiger charge is -2.37. The standard InChI is InChI=1S/C18H13Cl2N3O4/c19-13-5-4-9(22(24)25)8-12(13)17-11-3-1-2-10(11)16-15(23(26)27)7-6-14(20)18(16)21-17/h1-2,4-8,10-11,17,21H,3H2/t10-,11-,17-/m1/s1. The molecule has 138 valence electrons. The number of nitrogens with one attached hydrogen (secondary N) is 1. The number of allylic oxidation sites excluding steroid dienone is 2. The molecule has 0 bridgehead atoms. The van der Waals surface area contributed by atoms with E-state index >= 15 is 0 Å². The molecule has 27 heavy (non-hydrogen) atoms. The van der Waals surface area contributed by atoms with Crippen molar-refractivity contribution in [2.24, 2.45) is 5.92 Å². The zero-order valence-corrected chi connectivity index (χ0v) is 15.3. The second kappa shape index (κ2) is 6.51. The monoisotopic (exact) mass is 405 g/mol. The molecule has 0 unspecified atom stereocenters. The summed E-state index contributed by atoms with van der Waals surface area (Å²) in [4.78, 5) is 21.8. The van der Waals surface area contributed by atoms with E-state index in [9.17, 15) is 20.2 Å². The van der Waals surface area contributed by atoms with Crippen LogP contribution in [0.5, 0.6) is 0 Å². The lowest BCUT2D eigenvalue weighted by atomic mass is 9.76. The number of rotatable bonds is 3. The Hall–Kier alpha value is -2.64. The first-order valence-corrected chi connectivity index (χ1v) is 8.98. The molecule has 1 aliphatic heterocycles. The number of fused-ring (bicyclic) bond motifs is 3. The average Bonchev–Trinajstić information content (AvgIpc) is 3.11. The summed E-state index contributed by atoms with van der Waals surface area (Å²) in [6.07, 6.45) is 4.57. The van der Waals surface area contributed by atoms with Crippen LogP contribution in [0, 0.1) is 26.1 Å². The Labute approximate surface area is 163 Å². The molecule has 9 heteroatoms. The van der Waals surface area contributed by atoms with Gasteiger partial charge in [-0.15, -0.1) is 0 Å². The van der Waals surface area contributed by atoms with Gasteiger partial charge in [-0.3, -0.25) is 20.2 Å². The molecule has 0 fully saturated rings. The van der Waals surface area contributed by atoms with Gasteiger partial charge in [-0.1, -0.05) is 35.4 Å². The zero-order valence-electron chi connectivity index (χ0n) is 13.8. The van der Waals surface area contributed by atoms with Crippen LogP contribution in [0.3, 0.4) is 0 Å². The number of non-ortho nitro benzene ring substituents is 1. The van der Waals surface area contributed by atoms with Crippen LogP contribution in [0.1, 0.15) is 29.5 Å². The van der Waals surface area contributed by atoms with Crippen LogP contribution >= 0.6 is 23.2 Å². The van der Waals surface area contributed by atoms with E-state index in [4.69, 9.17) is 23.2 Å². The summed E-state index contributed by atoms with van der Waals surface area (Å²) in [6.45, 7) is 0. The Kier molecular flexibility index (Phi) is 4.28. The highest BCUT2D eigenvalue weighted by Crippen LogP contribution is 2.55. The molecule has 3 atom stereocenters. The lowest BCUT2D eigenvalue weighted by Crippen LogP contribution is -2.30. The maximum atomic E-state index is 11.5. The topological polar surface area (TPSA) is 98.3 Å². The molecule has 0 radical (unpaired) electrons. The summed E-state index contributed by atoms with van der Waals surface area (Å²) in [7, 11) is 0. The Balaban J connectivity index is 1.89. The van der Waals surface area contributed by atoms with Crippen LogP contribution in [-0.2, 0) is 0 Å². The van der Waals surface area contributed by atoms with E-state index in [0.717, 1.165) is 0 Å². The molecular formula is C18H13Cl2N3O4. The van der Waals surface area contributed by atoms with Crippen molar-refractivity contribution < 1.29 is 9.85 Å². The van der Waals surface area contributed by atoms with Crippen molar-refractivity contribution in [3.05, 3.63) is 83.9 Å². The van der Waals surface area contributed by atoms with Gasteiger partial charge in [-0.2, -0.15) is 0 Å². The molecule has 0 saturated heterocycles. The fraction of sp³-hybridized carbons (Fsp3) is 0.222. The number of halogens is 2. The Bertz CT molecular complexity index is 1010. The Morgan fingerprint density at radius 3 is 2.48 bits per heavy atom. The van der Waals surface area contributed by atoms with Gasteiger partial charge in [0.25, 0.3) is 11.4 Å². The minimum atomic E-state index is -0.473. The zero-order chi connectivity index (χ0) is 19.3. The minimum absolute atomic E-state index is 0.00652. The fourth-order valence-electron chi connectivity index (χ4n) is 4.00. The van der Waals surface area contributed by atoms with Gasteiger partial charge in [0.2, 0.25) is 0 Å². The Morgan fingerprint density at radius 2 is 1.78 bits per heavy atom. The Morgan fingerprint density at radius 1 is 1.04 bits per heavy atom. The van der Waals surface area contributed by atoms with E-state index < -0.39 is 9.85 Å². The molecule has 0 saturated carbocycles. The normalized spacial score (nSPS) is 22.7. The van der Waals surface area contributed by atoms with Crippen LogP contribution in [0.25, 0.3) is 0 Å². The van der Waals surface area contributed by atoms with Crippen molar-refractivity contribution >= 4 is 40.3 Å². The predicted octanol–water partition coefficient (Wildman–Crippen LogP) is 5.64. The molecule has 1 heterocycles. The second-order valence-corrected chi connectivity index (χ2v) is 7.37. The molecule has 4 rings (SSSR count). The molecular weight excluding hydrogens is 393 g/mol. The first kappa shape index (κ1) is 17.8. The van der Waals surface area contributed by atoms with Gasteiger partial charge in [-0.25, -0.2) is 0 Å². The largest absolute Gasteiger partial charge is 0.376 e. The predicted molar refractivity (Wildman–Crippen MR) is 103 cm³/mol. The number of hydrogen-bond donors (Lipinski definition) is 1. The third kappa shape index (κ3) is 2.83. The molecule has 7 nitrogen and oxygen atoms in total. The van der Waals surface area contributed by atoms with Crippen molar-refractivity contribution in [3.63, 3.8) is 0 Å². The third-order valence-corrected chi connectivity index (χ3v) is 5.83. The summed E-state index contributed by atoms with van der Waals surface area (Å²) < 4.78 is 0. The SMILES string of the molecule is O=[N+]([O-])c1ccc(Cl)c([C@@H]2Nc3c(Cl)ccc([N+](=O)[O-])c3[C@@H]3C=CC[C@H]32)c1. The molecule has 2 aromatic carbocycles. The summed E-state index contributed by atoms with van der Waals surface area (Å²) in [5, 5.41) is 26.7. The third-order valence-electron chi connectivity index (χ3n) is 5.17. The fourth-order valence-corrected chi connectivity index (χ4v) is 4.46. The van der Waals surface area contributed by atoms with Crippen molar-refractivity contribution in [2.45, 2.75) is 18.4 Å². The average molecular weight is 406 g/mol. The molecule has 1 aliphatic carbocycles. The molecule has 0 spiro atoms. The second-order valence-electron chi connectivity index (χ2n) is 6.55. The van der Waals surface area contributed by atoms with Gasteiger partial charge in [0.1, 0.15) is 0 Å². The number of anilines is 1. The highest BCUT2D eigenvalue weighted by molar-refractivity contribution is 6.33. The highest BCUT2D eigenvalue weighted by Gasteiger charge is 2.43. The summed E-state index contributed by atoms with van der Waals surface area (Å²) in [5.41, 5.74) is 1.55. The van der Waals surface area contributed by atoms with Crippen molar-refractivity contribution in [1.82, 2.24) is 0 Å². The number of hydrogen-bond acceptors (Lipinski definition) is 5. The molecule has 0 amide bonds. The minimum Gasteiger partial charge on any atom is -0.376 e. The van der Waals surface area contributed by atoms with Crippen molar-refractivity contribution in [3.8, 4) is 0 Å². The van der Waals surface area contributed by atoms with Crippen molar-refractivity contribution in [2.75, 3.05) is 5.32 Å². The number of nitrogens with zero attached hydrogens (tertiary/aromatic N) is 2. The molecule has 1 N–H and O–H groups in total. The van der Waals surface area contributed by atoms with E-state index in [1.54, 1.807) is 0 Å². The smallest absolute Gasteiger partial charge is 0.275 e. The summed E-state index contributed by atoms with van der Waals surface area (Å²) in [5.74, 6) is -0.283. The number of nitro groups is 2. The molecule has 0 aromatic heterocycles. The molecule has 2 aromatic rings. The van der Waals surface area contributed by atoms with Gasteiger partial charge >= 0.3 is 0 Å². The number of nitro benzene ring substituents is 2. The van der Waals surface area contributed by atoms with E-state index in [0.29, 0.717) is 33.3 Å². The van der Waals surface area contributed by atoms with Gasteiger partial charge in [0, 0.05) is 34.7 Å². The molecule has 2 aliphatic rings.